The molecule has 3 aromatic carbocycles. The number of nitrogens with zero attached hydrogens (tertiary/aromatic N) is 2. The second-order valence-electron chi connectivity index (χ2n) is 9.84. The first kappa shape index (κ1) is 28.3. The van der Waals surface area contributed by atoms with Gasteiger partial charge in [0.05, 0.1) is 35.3 Å². The van der Waals surface area contributed by atoms with E-state index in [-0.39, 0.29) is 23.1 Å². The lowest BCUT2D eigenvalue weighted by Crippen LogP contribution is -2.13. The summed E-state index contributed by atoms with van der Waals surface area (Å²) in [4.78, 5) is 15.1. The molecule has 0 spiro atoms. The molecule has 0 bridgehead atoms. The number of fused-ring (bicyclic) bond motifs is 3. The summed E-state index contributed by atoms with van der Waals surface area (Å²) in [5, 5.41) is 3.04. The van der Waals surface area contributed by atoms with Gasteiger partial charge >= 0.3 is 0 Å². The van der Waals surface area contributed by atoms with Crippen LogP contribution in [0.1, 0.15) is 15.9 Å². The van der Waals surface area contributed by atoms with Gasteiger partial charge in [-0.1, -0.05) is 17.7 Å². The SMILES string of the molecule is CN(C)c1cc(F)cc(COc2cccc3c2-c2cc(C(=O)Nc4cc(Cl)cc(NS(C)(=O)=O)c4)cn2CCO3)c1. The van der Waals surface area contributed by atoms with Crippen molar-refractivity contribution in [1.82, 2.24) is 4.57 Å². The summed E-state index contributed by atoms with van der Waals surface area (Å²) in [6, 6.07) is 16.4. The zero-order chi connectivity index (χ0) is 29.3. The summed E-state index contributed by atoms with van der Waals surface area (Å²) in [5.74, 6) is 0.368. The molecule has 2 heterocycles. The van der Waals surface area contributed by atoms with E-state index in [2.05, 4.69) is 10.0 Å². The number of ether oxygens (including phenoxy) is 2. The van der Waals surface area contributed by atoms with Crippen molar-refractivity contribution >= 4 is 44.6 Å². The monoisotopic (exact) mass is 598 g/mol. The first-order chi connectivity index (χ1) is 19.4. The van der Waals surface area contributed by atoms with Crippen molar-refractivity contribution in [2.24, 2.45) is 0 Å². The van der Waals surface area contributed by atoms with Crippen molar-refractivity contribution in [2.45, 2.75) is 13.2 Å². The third kappa shape index (κ3) is 6.75. The largest absolute Gasteiger partial charge is 0.491 e. The van der Waals surface area contributed by atoms with E-state index < -0.39 is 15.9 Å². The lowest BCUT2D eigenvalue weighted by Gasteiger charge is -2.16. The summed E-state index contributed by atoms with van der Waals surface area (Å²) in [5.41, 5.74) is 3.72. The van der Waals surface area contributed by atoms with E-state index in [0.29, 0.717) is 47.0 Å². The van der Waals surface area contributed by atoms with Crippen LogP contribution in [0.2, 0.25) is 5.02 Å². The summed E-state index contributed by atoms with van der Waals surface area (Å²) in [6.07, 6.45) is 2.75. The Balaban J connectivity index is 1.42. The van der Waals surface area contributed by atoms with Crippen LogP contribution >= 0.6 is 11.6 Å². The minimum atomic E-state index is -3.53. The van der Waals surface area contributed by atoms with E-state index in [0.717, 1.165) is 17.6 Å². The molecule has 0 radical (unpaired) electrons. The average Bonchev–Trinajstić information content (AvgIpc) is 3.21. The van der Waals surface area contributed by atoms with Gasteiger partial charge in [-0.25, -0.2) is 12.8 Å². The van der Waals surface area contributed by atoms with Gasteiger partial charge in [-0.05, 0) is 60.2 Å². The number of benzene rings is 3. The highest BCUT2D eigenvalue weighted by Gasteiger charge is 2.23. The summed E-state index contributed by atoms with van der Waals surface area (Å²) in [7, 11) is 0.152. The second kappa shape index (κ2) is 11.3. The Morgan fingerprint density at radius 3 is 2.66 bits per heavy atom. The van der Waals surface area contributed by atoms with Gasteiger partial charge in [0.2, 0.25) is 10.0 Å². The van der Waals surface area contributed by atoms with Crippen LogP contribution < -0.4 is 24.4 Å². The van der Waals surface area contributed by atoms with Crippen molar-refractivity contribution in [3.8, 4) is 22.8 Å². The number of hydrogen-bond donors (Lipinski definition) is 2. The quantitative estimate of drug-likeness (QED) is 0.273. The van der Waals surface area contributed by atoms with Crippen molar-refractivity contribution in [3.05, 3.63) is 88.8 Å². The standard InChI is InChI=1S/C29H28ClFN4O5S/c1-34(2)24-10-18(9-21(31)14-24)17-40-27-6-4-5-26-28(27)25-11-19(16-35(25)7-8-39-26)29(36)32-22-12-20(30)13-23(15-22)33-41(3,37)38/h4-6,9-16,33H,7-8,17H2,1-3H3,(H,32,36). The molecular weight excluding hydrogens is 571 g/mol. The van der Waals surface area contributed by atoms with Crippen molar-refractivity contribution in [1.29, 1.82) is 0 Å². The Kier molecular flexibility index (Phi) is 7.83. The molecule has 12 heteroatoms. The topological polar surface area (TPSA) is 102 Å². The molecule has 0 saturated heterocycles. The molecule has 0 aliphatic carbocycles. The van der Waals surface area contributed by atoms with Gasteiger partial charge in [0, 0.05) is 36.7 Å². The van der Waals surface area contributed by atoms with E-state index >= 15 is 0 Å². The Hall–Kier alpha value is -4.22. The molecule has 9 nitrogen and oxygen atoms in total. The third-order valence-corrected chi connectivity index (χ3v) is 7.13. The molecule has 1 aliphatic rings. The maximum absolute atomic E-state index is 14.2. The van der Waals surface area contributed by atoms with Crippen LogP contribution in [-0.2, 0) is 23.2 Å². The lowest BCUT2D eigenvalue weighted by atomic mass is 10.1. The highest BCUT2D eigenvalue weighted by Crippen LogP contribution is 2.41. The van der Waals surface area contributed by atoms with Gasteiger partial charge in [-0.15, -0.1) is 0 Å². The van der Waals surface area contributed by atoms with Crippen LogP contribution in [0.4, 0.5) is 21.5 Å². The summed E-state index contributed by atoms with van der Waals surface area (Å²) >= 11 is 6.15. The van der Waals surface area contributed by atoms with Crippen molar-refractivity contribution in [3.63, 3.8) is 0 Å². The molecule has 1 aromatic heterocycles. The van der Waals surface area contributed by atoms with Gasteiger partial charge in [-0.3, -0.25) is 9.52 Å². The van der Waals surface area contributed by atoms with E-state index in [1.165, 1.54) is 30.3 Å². The first-order valence-electron chi connectivity index (χ1n) is 12.6. The Morgan fingerprint density at radius 1 is 1.12 bits per heavy atom. The zero-order valence-corrected chi connectivity index (χ0v) is 24.1. The zero-order valence-electron chi connectivity index (χ0n) is 22.6. The smallest absolute Gasteiger partial charge is 0.257 e. The number of carbonyl (C=O) groups excluding carboxylic acids is 1. The van der Waals surface area contributed by atoms with E-state index in [1.807, 2.05) is 41.8 Å². The van der Waals surface area contributed by atoms with E-state index in [9.17, 15) is 17.6 Å². The highest BCUT2D eigenvalue weighted by atomic mass is 35.5. The summed E-state index contributed by atoms with van der Waals surface area (Å²) in [6.45, 7) is 0.998. The molecular formula is C29H28ClFN4O5S. The Bertz CT molecular complexity index is 1740. The highest BCUT2D eigenvalue weighted by molar-refractivity contribution is 7.92. The Morgan fingerprint density at radius 2 is 1.90 bits per heavy atom. The molecule has 2 N–H and O–H groups in total. The third-order valence-electron chi connectivity index (χ3n) is 6.30. The lowest BCUT2D eigenvalue weighted by molar-refractivity contribution is 0.102. The fraction of sp³-hybridized carbons (Fsp3) is 0.207. The van der Waals surface area contributed by atoms with Crippen LogP contribution in [-0.4, -0.2) is 45.9 Å². The fourth-order valence-corrected chi connectivity index (χ4v) is 5.34. The predicted molar refractivity (Wildman–Crippen MR) is 158 cm³/mol. The fourth-order valence-electron chi connectivity index (χ4n) is 4.56. The van der Waals surface area contributed by atoms with Gasteiger partial charge in [0.25, 0.3) is 5.91 Å². The molecule has 41 heavy (non-hydrogen) atoms. The van der Waals surface area contributed by atoms with Crippen LogP contribution in [0.3, 0.4) is 0 Å². The second-order valence-corrected chi connectivity index (χ2v) is 12.0. The number of hydrogen-bond acceptors (Lipinski definition) is 6. The Labute approximate surface area is 242 Å². The summed E-state index contributed by atoms with van der Waals surface area (Å²) < 4.78 is 53.9. The minimum absolute atomic E-state index is 0.127. The normalized spacial score (nSPS) is 12.4. The van der Waals surface area contributed by atoms with Gasteiger partial charge in [0.1, 0.15) is 30.5 Å². The number of aromatic nitrogens is 1. The number of sulfonamides is 1. The van der Waals surface area contributed by atoms with Crippen molar-refractivity contribution < 1.29 is 27.1 Å². The van der Waals surface area contributed by atoms with Gasteiger partial charge < -0.3 is 24.3 Å². The molecule has 1 aliphatic heterocycles. The number of rotatable bonds is 8. The maximum atomic E-state index is 14.2. The minimum Gasteiger partial charge on any atom is -0.491 e. The molecule has 5 rings (SSSR count). The first-order valence-corrected chi connectivity index (χ1v) is 14.9. The van der Waals surface area contributed by atoms with Gasteiger partial charge in [-0.2, -0.15) is 0 Å². The van der Waals surface area contributed by atoms with Crippen LogP contribution in [0, 0.1) is 5.82 Å². The van der Waals surface area contributed by atoms with E-state index in [4.69, 9.17) is 21.1 Å². The predicted octanol–water partition coefficient (Wildman–Crippen LogP) is 5.61. The number of amides is 1. The number of halogens is 2. The molecule has 1 amide bonds. The molecule has 0 saturated carbocycles. The van der Waals surface area contributed by atoms with Crippen LogP contribution in [0.5, 0.6) is 11.5 Å². The van der Waals surface area contributed by atoms with Crippen LogP contribution in [0.25, 0.3) is 11.3 Å². The van der Waals surface area contributed by atoms with Crippen LogP contribution in [0.15, 0.2) is 66.9 Å². The maximum Gasteiger partial charge on any atom is 0.257 e. The molecule has 0 atom stereocenters. The number of anilines is 3. The molecule has 0 fully saturated rings. The van der Waals surface area contributed by atoms with E-state index in [1.54, 1.807) is 18.3 Å². The van der Waals surface area contributed by atoms with Gasteiger partial charge in [0.15, 0.2) is 0 Å². The number of nitrogens with one attached hydrogen (secondary N) is 2. The molecule has 0 unspecified atom stereocenters. The molecule has 4 aromatic rings. The number of carbonyl (C=O) groups is 1. The average molecular weight is 599 g/mol. The van der Waals surface area contributed by atoms with Crippen molar-refractivity contribution in [2.75, 3.05) is 41.9 Å². The molecule has 214 valence electrons.